The number of phenolic OH excluding ortho intramolecular Hbond substituents is 3. The topological polar surface area (TPSA) is 102 Å². The molecule has 1 atom stereocenters. The van der Waals surface area contributed by atoms with Crippen LogP contribution >= 0.6 is 12.4 Å². The van der Waals surface area contributed by atoms with Gasteiger partial charge >= 0.3 is 0 Å². The molecule has 1 unspecified atom stereocenters. The predicted octanol–water partition coefficient (Wildman–Crippen LogP) is 3.70. The first-order valence-corrected chi connectivity index (χ1v) is 9.81. The van der Waals surface area contributed by atoms with Crippen LogP contribution in [-0.2, 0) is 0 Å². The highest BCUT2D eigenvalue weighted by Gasteiger charge is 2.15. The van der Waals surface area contributed by atoms with Gasteiger partial charge in [-0.3, -0.25) is 0 Å². The highest BCUT2D eigenvalue weighted by atomic mass is 35.5. The zero-order chi connectivity index (χ0) is 21.5. The first-order valence-electron chi connectivity index (χ1n) is 9.81. The molecule has 3 aromatic carbocycles. The number of halogens is 1. The number of aliphatic hydroxyl groups excluding tert-OH is 1. The molecule has 0 bridgehead atoms. The third-order valence-electron chi connectivity index (χ3n) is 4.93. The van der Waals surface area contributed by atoms with E-state index in [9.17, 15) is 20.4 Å². The number of aryl methyl sites for hydroxylation is 1. The van der Waals surface area contributed by atoms with E-state index in [1.54, 1.807) is 49.4 Å². The van der Waals surface area contributed by atoms with Crippen molar-refractivity contribution in [2.75, 3.05) is 19.7 Å². The summed E-state index contributed by atoms with van der Waals surface area (Å²) in [5.41, 5.74) is 2.73. The van der Waals surface area contributed by atoms with Gasteiger partial charge in [0.2, 0.25) is 0 Å². The summed E-state index contributed by atoms with van der Waals surface area (Å²) in [7, 11) is 0. The number of aromatic hydroxyl groups is 3. The lowest BCUT2D eigenvalue weighted by Crippen LogP contribution is -2.34. The number of ether oxygens (including phenoxy) is 1. The van der Waals surface area contributed by atoms with E-state index in [1.807, 2.05) is 24.3 Å². The fourth-order valence-corrected chi connectivity index (χ4v) is 3.20. The molecule has 0 heterocycles. The van der Waals surface area contributed by atoms with E-state index in [-0.39, 0.29) is 42.2 Å². The van der Waals surface area contributed by atoms with E-state index in [2.05, 4.69) is 5.32 Å². The fourth-order valence-electron chi connectivity index (χ4n) is 3.20. The number of hydrogen-bond donors (Lipinski definition) is 5. The molecule has 0 fully saturated rings. The van der Waals surface area contributed by atoms with Crippen LogP contribution < -0.4 is 10.1 Å². The third-order valence-corrected chi connectivity index (χ3v) is 4.93. The molecule has 5 N–H and O–H groups in total. The van der Waals surface area contributed by atoms with Gasteiger partial charge in [-0.05, 0) is 66.1 Å². The summed E-state index contributed by atoms with van der Waals surface area (Å²) in [5, 5.41) is 42.2. The number of aliphatic hydroxyl groups is 1. The van der Waals surface area contributed by atoms with Gasteiger partial charge in [0.25, 0.3) is 0 Å². The average Bonchev–Trinajstić information content (AvgIpc) is 2.74. The molecule has 0 radical (unpaired) electrons. The maximum Gasteiger partial charge on any atom is 0.119 e. The summed E-state index contributed by atoms with van der Waals surface area (Å²) in [6, 6.07) is 19.0. The third kappa shape index (κ3) is 7.07. The summed E-state index contributed by atoms with van der Waals surface area (Å²) < 4.78 is 5.60. The summed E-state index contributed by atoms with van der Waals surface area (Å²) in [6.07, 6.45) is -0.709. The molecule has 166 valence electrons. The predicted molar refractivity (Wildman–Crippen MR) is 123 cm³/mol. The van der Waals surface area contributed by atoms with Crippen LogP contribution in [0.5, 0.6) is 23.0 Å². The van der Waals surface area contributed by atoms with Crippen LogP contribution in [0.4, 0.5) is 0 Å². The molecule has 0 aliphatic heterocycles. The van der Waals surface area contributed by atoms with Crippen LogP contribution in [0.25, 0.3) is 0 Å². The minimum Gasteiger partial charge on any atom is -0.508 e. The lowest BCUT2D eigenvalue weighted by atomic mass is 9.91. The van der Waals surface area contributed by atoms with E-state index in [0.29, 0.717) is 24.4 Å². The Hall–Kier alpha value is -2.93. The number of benzene rings is 3. The highest BCUT2D eigenvalue weighted by molar-refractivity contribution is 5.85. The van der Waals surface area contributed by atoms with Gasteiger partial charge in [0.15, 0.2) is 0 Å². The van der Waals surface area contributed by atoms with Gasteiger partial charge in [0.05, 0.1) is 0 Å². The quantitative estimate of drug-likeness (QED) is 0.344. The van der Waals surface area contributed by atoms with Gasteiger partial charge in [-0.25, -0.2) is 0 Å². The minimum atomic E-state index is -0.709. The van der Waals surface area contributed by atoms with Crippen molar-refractivity contribution >= 4 is 12.4 Å². The van der Waals surface area contributed by atoms with Gasteiger partial charge in [-0.15, -0.1) is 12.4 Å². The minimum absolute atomic E-state index is 0. The molecule has 3 aromatic rings. The largest absolute Gasteiger partial charge is 0.508 e. The Bertz CT molecular complexity index is 902. The van der Waals surface area contributed by atoms with Crippen LogP contribution in [-0.4, -0.2) is 46.2 Å². The Morgan fingerprint density at radius 2 is 1.35 bits per heavy atom. The van der Waals surface area contributed by atoms with Gasteiger partial charge in [0.1, 0.15) is 35.7 Å². The summed E-state index contributed by atoms with van der Waals surface area (Å²) in [5.74, 6) is 1.19. The van der Waals surface area contributed by atoms with Crippen molar-refractivity contribution in [3.05, 3.63) is 83.4 Å². The Labute approximate surface area is 188 Å². The molecule has 31 heavy (non-hydrogen) atoms. The Balaban J connectivity index is 0.00000341. The maximum absolute atomic E-state index is 10.3. The Morgan fingerprint density at radius 1 is 0.806 bits per heavy atom. The van der Waals surface area contributed by atoms with Crippen LogP contribution in [0.3, 0.4) is 0 Å². The zero-order valence-corrected chi connectivity index (χ0v) is 18.0. The van der Waals surface area contributed by atoms with Crippen molar-refractivity contribution in [3.63, 3.8) is 0 Å². The van der Waals surface area contributed by atoms with E-state index in [4.69, 9.17) is 4.74 Å². The van der Waals surface area contributed by atoms with Gasteiger partial charge < -0.3 is 30.5 Å². The average molecular weight is 446 g/mol. The molecule has 0 saturated heterocycles. The molecular weight excluding hydrogens is 418 g/mol. The summed E-state index contributed by atoms with van der Waals surface area (Å²) in [6.45, 7) is 2.81. The van der Waals surface area contributed by atoms with Crippen LogP contribution in [0.15, 0.2) is 66.7 Å². The van der Waals surface area contributed by atoms with E-state index >= 15 is 0 Å². The van der Waals surface area contributed by atoms with E-state index in [0.717, 1.165) is 11.1 Å². The number of rotatable bonds is 9. The molecule has 0 amide bonds. The fraction of sp³-hybridized carbons (Fsp3) is 0.250. The molecule has 6 nitrogen and oxygen atoms in total. The lowest BCUT2D eigenvalue weighted by molar-refractivity contribution is 0.106. The van der Waals surface area contributed by atoms with Gasteiger partial charge in [0, 0.05) is 19.0 Å². The first-order chi connectivity index (χ1) is 14.4. The van der Waals surface area contributed by atoms with Crippen molar-refractivity contribution in [1.82, 2.24) is 5.32 Å². The van der Waals surface area contributed by atoms with Crippen molar-refractivity contribution in [2.45, 2.75) is 18.9 Å². The van der Waals surface area contributed by atoms with Crippen molar-refractivity contribution < 1.29 is 25.2 Å². The first kappa shape index (κ1) is 24.3. The summed E-state index contributed by atoms with van der Waals surface area (Å²) in [4.78, 5) is 0. The molecule has 0 aliphatic rings. The second kappa shape index (κ2) is 11.5. The van der Waals surface area contributed by atoms with Gasteiger partial charge in [-0.2, -0.15) is 0 Å². The molecule has 0 aliphatic carbocycles. The Kier molecular flexibility index (Phi) is 9.00. The molecule has 0 aromatic heterocycles. The SMILES string of the molecule is Cc1cc(OCC(O)CNCC(c2ccc(O)cc2)c2ccc(O)cc2)ccc1O.Cl. The van der Waals surface area contributed by atoms with Crippen molar-refractivity contribution in [1.29, 1.82) is 0 Å². The lowest BCUT2D eigenvalue weighted by Gasteiger charge is -2.20. The number of hydrogen-bond acceptors (Lipinski definition) is 6. The molecule has 7 heteroatoms. The molecule has 0 saturated carbocycles. The van der Waals surface area contributed by atoms with Gasteiger partial charge in [-0.1, -0.05) is 24.3 Å². The normalized spacial score (nSPS) is 11.7. The zero-order valence-electron chi connectivity index (χ0n) is 17.2. The van der Waals surface area contributed by atoms with E-state index < -0.39 is 6.10 Å². The monoisotopic (exact) mass is 445 g/mol. The molecular formula is C24H28ClNO5. The maximum atomic E-state index is 10.3. The van der Waals surface area contributed by atoms with Crippen molar-refractivity contribution in [3.8, 4) is 23.0 Å². The second-order valence-electron chi connectivity index (χ2n) is 7.31. The smallest absolute Gasteiger partial charge is 0.119 e. The second-order valence-corrected chi connectivity index (χ2v) is 7.31. The standard InChI is InChI=1S/C24H27NO5.ClH/c1-16-12-22(10-11-24(16)29)30-15-21(28)13-25-14-23(17-2-6-19(26)7-3-17)18-4-8-20(27)9-5-18;/h2-12,21,23,25-29H,13-15H2,1H3;1H. The summed E-state index contributed by atoms with van der Waals surface area (Å²) >= 11 is 0. The molecule has 3 rings (SSSR count). The Morgan fingerprint density at radius 3 is 1.87 bits per heavy atom. The number of phenols is 3. The van der Waals surface area contributed by atoms with Crippen molar-refractivity contribution in [2.24, 2.45) is 0 Å². The molecule has 0 spiro atoms. The van der Waals surface area contributed by atoms with Crippen LogP contribution in [0.2, 0.25) is 0 Å². The van der Waals surface area contributed by atoms with Crippen LogP contribution in [0, 0.1) is 6.92 Å². The van der Waals surface area contributed by atoms with E-state index in [1.165, 1.54) is 0 Å². The van der Waals surface area contributed by atoms with Crippen LogP contribution in [0.1, 0.15) is 22.6 Å². The number of nitrogens with one attached hydrogen (secondary N) is 1. The highest BCUT2D eigenvalue weighted by Crippen LogP contribution is 2.27.